The minimum atomic E-state index is -0.134. The minimum Gasteiger partial charge on any atom is -0.497 e. The van der Waals surface area contributed by atoms with Crippen LogP contribution in [0.1, 0.15) is 50.2 Å². The number of carbonyl (C=O) groups is 1. The number of ether oxygens (including phenoxy) is 2. The highest BCUT2D eigenvalue weighted by Gasteiger charge is 2.51. The molecule has 4 heteroatoms. The Morgan fingerprint density at radius 3 is 3.00 bits per heavy atom. The second-order valence-corrected chi connectivity index (χ2v) is 7.89. The van der Waals surface area contributed by atoms with Crippen molar-refractivity contribution in [3.63, 3.8) is 0 Å². The lowest BCUT2D eigenvalue weighted by Gasteiger charge is -2.51. The van der Waals surface area contributed by atoms with Crippen molar-refractivity contribution in [2.75, 3.05) is 26.8 Å². The number of hydrogen-bond acceptors (Lipinski definition) is 3. The topological polar surface area (TPSA) is 38.8 Å². The van der Waals surface area contributed by atoms with Crippen LogP contribution in [0.25, 0.3) is 0 Å². The quantitative estimate of drug-likeness (QED) is 0.809. The van der Waals surface area contributed by atoms with Crippen LogP contribution in [0.2, 0.25) is 0 Å². The molecule has 1 heterocycles. The number of amides is 1. The number of benzene rings is 1. The molecule has 4 nitrogen and oxygen atoms in total. The van der Waals surface area contributed by atoms with Gasteiger partial charge in [-0.1, -0.05) is 18.9 Å². The zero-order valence-electron chi connectivity index (χ0n) is 15.4. The van der Waals surface area contributed by atoms with Crippen LogP contribution >= 0.6 is 0 Å². The number of methoxy groups -OCH3 is 1. The Kier molecular flexibility index (Phi) is 4.38. The van der Waals surface area contributed by atoms with Gasteiger partial charge < -0.3 is 14.4 Å². The van der Waals surface area contributed by atoms with Crippen molar-refractivity contribution in [1.29, 1.82) is 0 Å². The average Bonchev–Trinajstić information content (AvgIpc) is 2.77. The third kappa shape index (κ3) is 2.70. The fourth-order valence-electron chi connectivity index (χ4n) is 5.76. The normalized spacial score (nSPS) is 30.7. The van der Waals surface area contributed by atoms with E-state index < -0.39 is 0 Å². The van der Waals surface area contributed by atoms with Gasteiger partial charge in [0, 0.05) is 18.5 Å². The summed E-state index contributed by atoms with van der Waals surface area (Å²) in [6.07, 6.45) is 7.13. The number of fused-ring (bicyclic) bond motifs is 1. The SMILES string of the molecule is CCOC(=O)N1CC[C@@]23CCCC[C@@H]2[C@H](Cc2ccc(OC)cc23)C1. The lowest BCUT2D eigenvalue weighted by Crippen LogP contribution is -2.46. The molecule has 2 aliphatic carbocycles. The van der Waals surface area contributed by atoms with Gasteiger partial charge in [-0.25, -0.2) is 4.79 Å². The Balaban J connectivity index is 1.75. The van der Waals surface area contributed by atoms with E-state index in [1.165, 1.54) is 36.8 Å². The second-order valence-electron chi connectivity index (χ2n) is 7.89. The van der Waals surface area contributed by atoms with E-state index in [2.05, 4.69) is 18.2 Å². The monoisotopic (exact) mass is 343 g/mol. The molecule has 2 fully saturated rings. The molecule has 4 rings (SSSR count). The first-order chi connectivity index (χ1) is 12.2. The van der Waals surface area contributed by atoms with E-state index in [4.69, 9.17) is 9.47 Å². The summed E-state index contributed by atoms with van der Waals surface area (Å²) >= 11 is 0. The van der Waals surface area contributed by atoms with E-state index >= 15 is 0 Å². The van der Waals surface area contributed by atoms with Crippen LogP contribution in [0.15, 0.2) is 18.2 Å². The summed E-state index contributed by atoms with van der Waals surface area (Å²) in [5, 5.41) is 0. The van der Waals surface area contributed by atoms with Gasteiger partial charge in [0.25, 0.3) is 0 Å². The average molecular weight is 343 g/mol. The summed E-state index contributed by atoms with van der Waals surface area (Å²) in [5.74, 6) is 2.19. The molecule has 1 aromatic rings. The molecule has 1 saturated heterocycles. The molecule has 2 bridgehead atoms. The minimum absolute atomic E-state index is 0.134. The van der Waals surface area contributed by atoms with Crippen molar-refractivity contribution in [2.24, 2.45) is 11.8 Å². The highest BCUT2D eigenvalue weighted by molar-refractivity contribution is 5.67. The van der Waals surface area contributed by atoms with Crippen molar-refractivity contribution < 1.29 is 14.3 Å². The van der Waals surface area contributed by atoms with Gasteiger partial charge in [-0.3, -0.25) is 0 Å². The zero-order valence-corrected chi connectivity index (χ0v) is 15.4. The summed E-state index contributed by atoms with van der Waals surface area (Å²) in [4.78, 5) is 14.4. The van der Waals surface area contributed by atoms with E-state index in [1.54, 1.807) is 7.11 Å². The Bertz CT molecular complexity index is 659. The van der Waals surface area contributed by atoms with Crippen LogP contribution in [0.3, 0.4) is 0 Å². The van der Waals surface area contributed by atoms with Gasteiger partial charge in [-0.15, -0.1) is 0 Å². The molecule has 0 aromatic heterocycles. The lowest BCUT2D eigenvalue weighted by molar-refractivity contribution is 0.0937. The van der Waals surface area contributed by atoms with Crippen LogP contribution in [-0.4, -0.2) is 37.8 Å². The van der Waals surface area contributed by atoms with E-state index in [0.29, 0.717) is 18.4 Å². The standard InChI is InChI=1S/C21H29NO3/c1-3-25-20(23)22-11-10-21-9-5-4-6-18(21)16(14-22)12-15-7-8-17(24-2)13-19(15)21/h7-8,13,16,18H,3-6,9-12,14H2,1-2H3/t16-,18-,21+/m1/s1. The first-order valence-corrected chi connectivity index (χ1v) is 9.77. The summed E-state index contributed by atoms with van der Waals surface area (Å²) in [5.41, 5.74) is 3.18. The van der Waals surface area contributed by atoms with Gasteiger partial charge in [0.05, 0.1) is 13.7 Å². The number of rotatable bonds is 2. The molecule has 0 radical (unpaired) electrons. The predicted molar refractivity (Wildman–Crippen MR) is 97.0 cm³/mol. The largest absolute Gasteiger partial charge is 0.497 e. The fourth-order valence-corrected chi connectivity index (χ4v) is 5.76. The Labute approximate surface area is 150 Å². The van der Waals surface area contributed by atoms with Gasteiger partial charge in [0.15, 0.2) is 0 Å². The molecule has 3 atom stereocenters. The van der Waals surface area contributed by atoms with Gasteiger partial charge in [0.2, 0.25) is 0 Å². The molecule has 0 N–H and O–H groups in total. The number of likely N-dealkylation sites (tertiary alicyclic amines) is 1. The maximum Gasteiger partial charge on any atom is 0.409 e. The first kappa shape index (κ1) is 16.7. The van der Waals surface area contributed by atoms with Gasteiger partial charge >= 0.3 is 6.09 Å². The Morgan fingerprint density at radius 1 is 1.32 bits per heavy atom. The number of nitrogens with zero attached hydrogens (tertiary/aromatic N) is 1. The Hall–Kier alpha value is -1.71. The van der Waals surface area contributed by atoms with Crippen molar-refractivity contribution in [1.82, 2.24) is 4.90 Å². The zero-order chi connectivity index (χ0) is 17.4. The molecule has 0 unspecified atom stereocenters. The molecule has 3 aliphatic rings. The van der Waals surface area contributed by atoms with E-state index in [-0.39, 0.29) is 11.5 Å². The smallest absolute Gasteiger partial charge is 0.409 e. The first-order valence-electron chi connectivity index (χ1n) is 9.77. The highest BCUT2D eigenvalue weighted by atomic mass is 16.6. The van der Waals surface area contributed by atoms with Crippen LogP contribution in [0.4, 0.5) is 4.79 Å². The van der Waals surface area contributed by atoms with Crippen LogP contribution in [0, 0.1) is 11.8 Å². The van der Waals surface area contributed by atoms with E-state index in [0.717, 1.165) is 31.7 Å². The molecule has 1 saturated carbocycles. The molecular formula is C21H29NO3. The summed E-state index contributed by atoms with van der Waals surface area (Å²) in [6, 6.07) is 6.63. The number of carbonyl (C=O) groups excluding carboxylic acids is 1. The fraction of sp³-hybridized carbons (Fsp3) is 0.667. The molecule has 25 heavy (non-hydrogen) atoms. The van der Waals surface area contributed by atoms with Crippen molar-refractivity contribution in [2.45, 2.75) is 50.9 Å². The van der Waals surface area contributed by atoms with Crippen molar-refractivity contribution >= 4 is 6.09 Å². The number of hydrogen-bond donors (Lipinski definition) is 0. The molecule has 1 aromatic carbocycles. The van der Waals surface area contributed by atoms with Crippen LogP contribution in [0.5, 0.6) is 5.75 Å². The van der Waals surface area contributed by atoms with Gasteiger partial charge in [-0.2, -0.15) is 0 Å². The molecule has 0 spiro atoms. The van der Waals surface area contributed by atoms with Crippen LogP contribution < -0.4 is 4.74 Å². The molecular weight excluding hydrogens is 314 g/mol. The third-order valence-corrected chi connectivity index (χ3v) is 6.81. The van der Waals surface area contributed by atoms with Crippen molar-refractivity contribution in [3.05, 3.63) is 29.3 Å². The third-order valence-electron chi connectivity index (χ3n) is 6.81. The van der Waals surface area contributed by atoms with Crippen molar-refractivity contribution in [3.8, 4) is 5.75 Å². The van der Waals surface area contributed by atoms with Gasteiger partial charge in [0.1, 0.15) is 5.75 Å². The predicted octanol–water partition coefficient (Wildman–Crippen LogP) is 4.16. The molecule has 136 valence electrons. The maximum atomic E-state index is 12.4. The summed E-state index contributed by atoms with van der Waals surface area (Å²) in [7, 11) is 1.75. The second kappa shape index (κ2) is 6.54. The summed E-state index contributed by atoms with van der Waals surface area (Å²) < 4.78 is 10.8. The van der Waals surface area contributed by atoms with E-state index in [1.807, 2.05) is 11.8 Å². The molecule has 1 amide bonds. The summed E-state index contributed by atoms with van der Waals surface area (Å²) in [6.45, 7) is 3.99. The maximum absolute atomic E-state index is 12.4. The van der Waals surface area contributed by atoms with E-state index in [9.17, 15) is 4.79 Å². The van der Waals surface area contributed by atoms with Crippen LogP contribution in [-0.2, 0) is 16.6 Å². The lowest BCUT2D eigenvalue weighted by atomic mass is 9.53. The Morgan fingerprint density at radius 2 is 2.20 bits per heavy atom. The highest BCUT2D eigenvalue weighted by Crippen LogP contribution is 2.56. The van der Waals surface area contributed by atoms with Gasteiger partial charge in [-0.05, 0) is 67.7 Å². The molecule has 1 aliphatic heterocycles.